The third-order valence-corrected chi connectivity index (χ3v) is 4.19. The van der Waals surface area contributed by atoms with Gasteiger partial charge >= 0.3 is 0 Å². The zero-order valence-corrected chi connectivity index (χ0v) is 12.9. The number of hydrogen-bond donors (Lipinski definition) is 1. The molecule has 2 rings (SSSR count). The van der Waals surface area contributed by atoms with Gasteiger partial charge in [0.1, 0.15) is 5.82 Å². The summed E-state index contributed by atoms with van der Waals surface area (Å²) in [6.45, 7) is 7.21. The minimum atomic E-state index is -0.376. The van der Waals surface area contributed by atoms with Crippen LogP contribution in [0.4, 0.5) is 4.39 Å². The summed E-state index contributed by atoms with van der Waals surface area (Å²) in [4.78, 5) is 14.6. The molecule has 0 aromatic heterocycles. The highest BCUT2D eigenvalue weighted by molar-refractivity contribution is 5.94. The van der Waals surface area contributed by atoms with Crippen molar-refractivity contribution in [3.8, 4) is 0 Å². The van der Waals surface area contributed by atoms with Crippen LogP contribution in [0.5, 0.6) is 0 Å². The van der Waals surface area contributed by atoms with Gasteiger partial charge in [-0.2, -0.15) is 0 Å². The first-order chi connectivity index (χ1) is 10.1. The number of hydrogen-bond acceptors (Lipinski definition) is 2. The van der Waals surface area contributed by atoms with Crippen molar-refractivity contribution in [1.82, 2.24) is 10.2 Å². The average molecular weight is 292 g/mol. The van der Waals surface area contributed by atoms with Crippen molar-refractivity contribution < 1.29 is 9.18 Å². The number of benzene rings is 1. The van der Waals surface area contributed by atoms with Gasteiger partial charge in [-0.1, -0.05) is 26.3 Å². The molecule has 116 valence electrons. The maximum atomic E-state index is 13.2. The fourth-order valence-corrected chi connectivity index (χ4v) is 2.97. The normalized spacial score (nSPS) is 17.7. The minimum absolute atomic E-state index is 0.197. The highest BCUT2D eigenvalue weighted by Gasteiger charge is 2.24. The number of carbonyl (C=O) groups is 1. The molecule has 0 radical (unpaired) electrons. The monoisotopic (exact) mass is 292 g/mol. The Kier molecular flexibility index (Phi) is 5.74. The molecule has 1 amide bonds. The standard InChI is InChI=1S/C17H25FN2O/c1-13(2)16(20-9-4-3-5-10-20)12-19-17(21)14-7-6-8-15(18)11-14/h6-8,11,13,16H,3-5,9-10,12H2,1-2H3,(H,19,21). The summed E-state index contributed by atoms with van der Waals surface area (Å²) in [7, 11) is 0. The lowest BCUT2D eigenvalue weighted by Crippen LogP contribution is -2.48. The van der Waals surface area contributed by atoms with Crippen molar-refractivity contribution in [3.63, 3.8) is 0 Å². The quantitative estimate of drug-likeness (QED) is 0.904. The molecule has 0 bridgehead atoms. The number of rotatable bonds is 5. The predicted molar refractivity (Wildman–Crippen MR) is 82.8 cm³/mol. The smallest absolute Gasteiger partial charge is 0.251 e. The summed E-state index contributed by atoms with van der Waals surface area (Å²) in [5, 5.41) is 2.96. The van der Waals surface area contributed by atoms with E-state index in [-0.39, 0.29) is 11.7 Å². The second kappa shape index (κ2) is 7.55. The van der Waals surface area contributed by atoms with Gasteiger partial charge < -0.3 is 5.32 Å². The van der Waals surface area contributed by atoms with Crippen LogP contribution in [0.3, 0.4) is 0 Å². The van der Waals surface area contributed by atoms with E-state index in [9.17, 15) is 9.18 Å². The third-order valence-electron chi connectivity index (χ3n) is 4.19. The van der Waals surface area contributed by atoms with Crippen molar-refractivity contribution in [3.05, 3.63) is 35.6 Å². The first-order valence-corrected chi connectivity index (χ1v) is 7.85. The first-order valence-electron chi connectivity index (χ1n) is 7.85. The van der Waals surface area contributed by atoms with E-state index in [0.717, 1.165) is 13.1 Å². The lowest BCUT2D eigenvalue weighted by atomic mass is 9.99. The summed E-state index contributed by atoms with van der Waals surface area (Å²) in [6, 6.07) is 6.18. The second-order valence-electron chi connectivity index (χ2n) is 6.13. The molecule has 0 saturated carbocycles. The molecule has 1 unspecified atom stereocenters. The molecule has 4 heteroatoms. The molecule has 1 atom stereocenters. The van der Waals surface area contributed by atoms with Crippen molar-refractivity contribution in [2.75, 3.05) is 19.6 Å². The number of amides is 1. The molecule has 1 aromatic carbocycles. The lowest BCUT2D eigenvalue weighted by Gasteiger charge is -2.37. The predicted octanol–water partition coefficient (Wildman–Crippen LogP) is 3.07. The van der Waals surface area contributed by atoms with Crippen LogP contribution in [0.1, 0.15) is 43.5 Å². The number of carbonyl (C=O) groups excluding carboxylic acids is 1. The minimum Gasteiger partial charge on any atom is -0.350 e. The maximum absolute atomic E-state index is 13.2. The van der Waals surface area contributed by atoms with Gasteiger partial charge in [-0.15, -0.1) is 0 Å². The van der Waals surface area contributed by atoms with Crippen LogP contribution in [0, 0.1) is 11.7 Å². The molecule has 1 aromatic rings. The van der Waals surface area contributed by atoms with E-state index in [2.05, 4.69) is 24.1 Å². The van der Waals surface area contributed by atoms with Crippen LogP contribution < -0.4 is 5.32 Å². The molecule has 0 aliphatic carbocycles. The maximum Gasteiger partial charge on any atom is 0.251 e. The number of halogens is 1. The fraction of sp³-hybridized carbons (Fsp3) is 0.588. The van der Waals surface area contributed by atoms with Gasteiger partial charge in [-0.3, -0.25) is 9.69 Å². The number of likely N-dealkylation sites (tertiary alicyclic amines) is 1. The second-order valence-corrected chi connectivity index (χ2v) is 6.13. The highest BCUT2D eigenvalue weighted by Crippen LogP contribution is 2.17. The van der Waals surface area contributed by atoms with E-state index in [0.29, 0.717) is 24.1 Å². The topological polar surface area (TPSA) is 32.3 Å². The molecule has 1 N–H and O–H groups in total. The zero-order chi connectivity index (χ0) is 15.2. The molecule has 1 saturated heterocycles. The van der Waals surface area contributed by atoms with Gasteiger partial charge in [0.15, 0.2) is 0 Å². The Morgan fingerprint density at radius 2 is 2.00 bits per heavy atom. The van der Waals surface area contributed by atoms with Crippen LogP contribution in [0.25, 0.3) is 0 Å². The van der Waals surface area contributed by atoms with Crippen LogP contribution in [0.2, 0.25) is 0 Å². The highest BCUT2D eigenvalue weighted by atomic mass is 19.1. The number of piperidine rings is 1. The first kappa shape index (κ1) is 16.0. The summed E-state index contributed by atoms with van der Waals surface area (Å²) >= 11 is 0. The molecule has 21 heavy (non-hydrogen) atoms. The van der Waals surface area contributed by atoms with Gasteiger partial charge in [0, 0.05) is 18.2 Å². The Morgan fingerprint density at radius 1 is 1.29 bits per heavy atom. The van der Waals surface area contributed by atoms with Gasteiger partial charge in [0.25, 0.3) is 5.91 Å². The van der Waals surface area contributed by atoms with Crippen molar-refractivity contribution in [2.45, 2.75) is 39.2 Å². The van der Waals surface area contributed by atoms with Crippen LogP contribution in [-0.4, -0.2) is 36.5 Å². The molecule has 1 aliphatic rings. The van der Waals surface area contributed by atoms with E-state index in [1.54, 1.807) is 12.1 Å². The molecular formula is C17H25FN2O. The molecule has 1 aliphatic heterocycles. The Hall–Kier alpha value is -1.42. The van der Waals surface area contributed by atoms with Gasteiger partial charge in [0.2, 0.25) is 0 Å². The van der Waals surface area contributed by atoms with Gasteiger partial charge in [0.05, 0.1) is 0 Å². The largest absolute Gasteiger partial charge is 0.350 e. The van der Waals surface area contributed by atoms with E-state index in [1.165, 1.54) is 31.4 Å². The molecule has 3 nitrogen and oxygen atoms in total. The Labute approximate surface area is 126 Å². The van der Waals surface area contributed by atoms with E-state index < -0.39 is 0 Å². The summed E-state index contributed by atoms with van der Waals surface area (Å²) in [6.07, 6.45) is 3.78. The van der Waals surface area contributed by atoms with Gasteiger partial charge in [-0.25, -0.2) is 4.39 Å². The molecule has 0 spiro atoms. The number of nitrogens with one attached hydrogen (secondary N) is 1. The van der Waals surface area contributed by atoms with Crippen molar-refractivity contribution in [2.24, 2.45) is 5.92 Å². The van der Waals surface area contributed by atoms with Crippen molar-refractivity contribution in [1.29, 1.82) is 0 Å². The van der Waals surface area contributed by atoms with Crippen LogP contribution >= 0.6 is 0 Å². The van der Waals surface area contributed by atoms with Crippen LogP contribution in [-0.2, 0) is 0 Å². The average Bonchev–Trinajstić information content (AvgIpc) is 2.48. The summed E-state index contributed by atoms with van der Waals surface area (Å²) < 4.78 is 13.2. The van der Waals surface area contributed by atoms with E-state index in [1.807, 2.05) is 0 Å². The van der Waals surface area contributed by atoms with Gasteiger partial charge in [-0.05, 0) is 50.0 Å². The van der Waals surface area contributed by atoms with E-state index in [4.69, 9.17) is 0 Å². The Morgan fingerprint density at radius 3 is 2.62 bits per heavy atom. The zero-order valence-electron chi connectivity index (χ0n) is 12.9. The molecule has 1 heterocycles. The number of nitrogens with zero attached hydrogens (tertiary/aromatic N) is 1. The van der Waals surface area contributed by atoms with Crippen LogP contribution in [0.15, 0.2) is 24.3 Å². The SMILES string of the molecule is CC(C)C(CNC(=O)c1cccc(F)c1)N1CCCCC1. The third kappa shape index (κ3) is 4.53. The Bertz CT molecular complexity index is 470. The Balaban J connectivity index is 1.93. The lowest BCUT2D eigenvalue weighted by molar-refractivity contribution is 0.0895. The fourth-order valence-electron chi connectivity index (χ4n) is 2.97. The summed E-state index contributed by atoms with van der Waals surface area (Å²) in [5.74, 6) is -0.0906. The summed E-state index contributed by atoms with van der Waals surface area (Å²) in [5.41, 5.74) is 0.385. The van der Waals surface area contributed by atoms with E-state index >= 15 is 0 Å². The van der Waals surface area contributed by atoms with Crippen molar-refractivity contribution >= 4 is 5.91 Å². The molecule has 1 fully saturated rings. The molecular weight excluding hydrogens is 267 g/mol.